The Morgan fingerprint density at radius 2 is 2.19 bits per heavy atom. The first-order chi connectivity index (χ1) is 12.8. The Balaban J connectivity index is 1.44. The van der Waals surface area contributed by atoms with Gasteiger partial charge in [0.1, 0.15) is 0 Å². The monoisotopic (exact) mass is 355 g/mol. The van der Waals surface area contributed by atoms with Crippen molar-refractivity contribution in [3.05, 3.63) is 36.0 Å². The van der Waals surface area contributed by atoms with Crippen molar-refractivity contribution in [1.29, 1.82) is 0 Å². The van der Waals surface area contributed by atoms with Crippen molar-refractivity contribution in [1.82, 2.24) is 20.5 Å². The molecular weight excluding hydrogens is 326 g/mol. The van der Waals surface area contributed by atoms with Crippen molar-refractivity contribution in [3.8, 4) is 0 Å². The van der Waals surface area contributed by atoms with Gasteiger partial charge in [-0.25, -0.2) is 0 Å². The summed E-state index contributed by atoms with van der Waals surface area (Å²) in [4.78, 5) is 21.5. The second-order valence-electron chi connectivity index (χ2n) is 6.63. The molecule has 0 spiro atoms. The smallest absolute Gasteiger partial charge is 0.222 e. The Morgan fingerprint density at radius 1 is 1.31 bits per heavy atom. The second-order valence-corrected chi connectivity index (χ2v) is 6.63. The maximum atomic E-state index is 11.6. The number of nitrogens with zero attached hydrogens (tertiary/aromatic N) is 2. The van der Waals surface area contributed by atoms with E-state index in [0.29, 0.717) is 6.42 Å². The summed E-state index contributed by atoms with van der Waals surface area (Å²) in [6, 6.07) is 8.37. The zero-order valence-corrected chi connectivity index (χ0v) is 15.6. The highest BCUT2D eigenvalue weighted by molar-refractivity contribution is 5.83. The first-order valence-corrected chi connectivity index (χ1v) is 9.63. The highest BCUT2D eigenvalue weighted by atomic mass is 16.2. The van der Waals surface area contributed by atoms with Crippen molar-refractivity contribution in [2.24, 2.45) is 4.99 Å². The summed E-state index contributed by atoms with van der Waals surface area (Å²) in [5, 5.41) is 7.98. The standard InChI is InChI=1S/C20H29N5O/c1-2-21-20(22-11-6-14-25-13-5-9-19(25)26)23-12-10-16-15-24-18-8-4-3-7-17(16)18/h3-4,7-8,15,24H,2,5-6,9-14H2,1H3,(H2,21,22,23). The van der Waals surface area contributed by atoms with Gasteiger partial charge in [-0.2, -0.15) is 0 Å². The molecule has 3 N–H and O–H groups in total. The highest BCUT2D eigenvalue weighted by Gasteiger charge is 2.18. The molecule has 0 unspecified atom stereocenters. The summed E-state index contributed by atoms with van der Waals surface area (Å²) in [5.41, 5.74) is 2.50. The third-order valence-corrected chi connectivity index (χ3v) is 4.73. The first kappa shape index (κ1) is 18.3. The van der Waals surface area contributed by atoms with Crippen LogP contribution in [0.25, 0.3) is 10.9 Å². The van der Waals surface area contributed by atoms with Gasteiger partial charge >= 0.3 is 0 Å². The molecule has 3 rings (SSSR count). The minimum atomic E-state index is 0.290. The molecule has 2 heterocycles. The Bertz CT molecular complexity index is 751. The largest absolute Gasteiger partial charge is 0.361 e. The Labute approximate surface area is 155 Å². The number of carbonyl (C=O) groups is 1. The van der Waals surface area contributed by atoms with E-state index < -0.39 is 0 Å². The molecule has 1 aromatic carbocycles. The fraction of sp³-hybridized carbons (Fsp3) is 0.500. The number of nitrogens with one attached hydrogen (secondary N) is 3. The maximum Gasteiger partial charge on any atom is 0.222 e. The summed E-state index contributed by atoms with van der Waals surface area (Å²) in [6.07, 6.45) is 5.65. The number of aromatic nitrogens is 1. The summed E-state index contributed by atoms with van der Waals surface area (Å²) in [5.74, 6) is 1.14. The Kier molecular flexibility index (Phi) is 6.52. The summed E-state index contributed by atoms with van der Waals surface area (Å²) in [6.45, 7) is 6.19. The van der Waals surface area contributed by atoms with E-state index in [0.717, 1.165) is 57.9 Å². The summed E-state index contributed by atoms with van der Waals surface area (Å²) in [7, 11) is 0. The van der Waals surface area contributed by atoms with Gasteiger partial charge in [0.05, 0.1) is 0 Å². The normalized spacial score (nSPS) is 15.0. The molecule has 1 aromatic heterocycles. The number of carbonyl (C=O) groups excluding carboxylic acids is 1. The first-order valence-electron chi connectivity index (χ1n) is 9.63. The van der Waals surface area contributed by atoms with Gasteiger partial charge < -0.3 is 20.5 Å². The molecular formula is C20H29N5O. The third-order valence-electron chi connectivity index (χ3n) is 4.73. The van der Waals surface area contributed by atoms with Crippen LogP contribution in [-0.4, -0.2) is 54.5 Å². The van der Waals surface area contributed by atoms with Crippen LogP contribution in [0.4, 0.5) is 0 Å². The predicted octanol–water partition coefficient (Wildman–Crippen LogP) is 2.28. The molecule has 6 nitrogen and oxygen atoms in total. The molecule has 0 saturated carbocycles. The number of para-hydroxylation sites is 1. The molecule has 0 bridgehead atoms. The van der Waals surface area contributed by atoms with Gasteiger partial charge in [-0.3, -0.25) is 9.79 Å². The van der Waals surface area contributed by atoms with Gasteiger partial charge in [0.2, 0.25) is 5.91 Å². The van der Waals surface area contributed by atoms with Crippen LogP contribution in [0.3, 0.4) is 0 Å². The van der Waals surface area contributed by atoms with Crippen LogP contribution in [0.1, 0.15) is 31.7 Å². The molecule has 2 aromatic rings. The quantitative estimate of drug-likeness (QED) is 0.386. The number of amides is 1. The number of rotatable bonds is 8. The van der Waals surface area contributed by atoms with Crippen LogP contribution < -0.4 is 10.6 Å². The highest BCUT2D eigenvalue weighted by Crippen LogP contribution is 2.17. The van der Waals surface area contributed by atoms with E-state index >= 15 is 0 Å². The zero-order chi connectivity index (χ0) is 18.2. The lowest BCUT2D eigenvalue weighted by Gasteiger charge is -2.15. The zero-order valence-electron chi connectivity index (χ0n) is 15.6. The molecule has 0 radical (unpaired) electrons. The lowest BCUT2D eigenvalue weighted by molar-refractivity contribution is -0.127. The van der Waals surface area contributed by atoms with E-state index in [1.807, 2.05) is 11.0 Å². The van der Waals surface area contributed by atoms with Gasteiger partial charge in [-0.1, -0.05) is 18.2 Å². The number of benzene rings is 1. The molecule has 1 fully saturated rings. The second kappa shape index (κ2) is 9.27. The number of fused-ring (bicyclic) bond motifs is 1. The molecule has 1 amide bonds. The average molecular weight is 355 g/mol. The number of guanidine groups is 1. The number of aliphatic imine (C=N–C) groups is 1. The number of H-pyrrole nitrogens is 1. The van der Waals surface area contributed by atoms with Gasteiger partial charge in [0.25, 0.3) is 0 Å². The van der Waals surface area contributed by atoms with E-state index in [4.69, 9.17) is 0 Å². The van der Waals surface area contributed by atoms with Gasteiger partial charge in [-0.05, 0) is 37.8 Å². The Hall–Kier alpha value is -2.50. The fourth-order valence-corrected chi connectivity index (χ4v) is 3.39. The molecule has 0 atom stereocenters. The third kappa shape index (κ3) is 4.77. The number of hydrogen-bond donors (Lipinski definition) is 3. The topological polar surface area (TPSA) is 72.5 Å². The minimum Gasteiger partial charge on any atom is -0.361 e. The molecule has 6 heteroatoms. The van der Waals surface area contributed by atoms with Crippen LogP contribution in [-0.2, 0) is 11.2 Å². The van der Waals surface area contributed by atoms with Gasteiger partial charge in [0, 0.05) is 56.2 Å². The van der Waals surface area contributed by atoms with Crippen LogP contribution in [0.2, 0.25) is 0 Å². The van der Waals surface area contributed by atoms with E-state index in [9.17, 15) is 4.79 Å². The van der Waals surface area contributed by atoms with E-state index in [-0.39, 0.29) is 5.91 Å². The summed E-state index contributed by atoms with van der Waals surface area (Å²) < 4.78 is 0. The maximum absolute atomic E-state index is 11.6. The number of likely N-dealkylation sites (tertiary alicyclic amines) is 1. The van der Waals surface area contributed by atoms with Crippen molar-refractivity contribution in [3.63, 3.8) is 0 Å². The van der Waals surface area contributed by atoms with E-state index in [1.165, 1.54) is 16.5 Å². The van der Waals surface area contributed by atoms with Crippen molar-refractivity contribution >= 4 is 22.8 Å². The van der Waals surface area contributed by atoms with Crippen LogP contribution in [0.5, 0.6) is 0 Å². The number of aromatic amines is 1. The van der Waals surface area contributed by atoms with Crippen molar-refractivity contribution < 1.29 is 4.79 Å². The fourth-order valence-electron chi connectivity index (χ4n) is 3.39. The van der Waals surface area contributed by atoms with Crippen LogP contribution in [0.15, 0.2) is 35.5 Å². The Morgan fingerprint density at radius 3 is 3.00 bits per heavy atom. The van der Waals surface area contributed by atoms with Crippen LogP contribution in [0, 0.1) is 0 Å². The minimum absolute atomic E-state index is 0.290. The predicted molar refractivity (Wildman–Crippen MR) is 106 cm³/mol. The molecule has 26 heavy (non-hydrogen) atoms. The molecule has 1 aliphatic rings. The van der Waals surface area contributed by atoms with E-state index in [2.05, 4.69) is 51.9 Å². The molecule has 0 aliphatic carbocycles. The van der Waals surface area contributed by atoms with Crippen LogP contribution >= 0.6 is 0 Å². The molecule has 1 aliphatic heterocycles. The van der Waals surface area contributed by atoms with Gasteiger partial charge in [0.15, 0.2) is 5.96 Å². The average Bonchev–Trinajstić information content (AvgIpc) is 3.25. The lowest BCUT2D eigenvalue weighted by atomic mass is 10.1. The lowest BCUT2D eigenvalue weighted by Crippen LogP contribution is -2.38. The number of hydrogen-bond acceptors (Lipinski definition) is 2. The van der Waals surface area contributed by atoms with Crippen molar-refractivity contribution in [2.75, 3.05) is 32.7 Å². The summed E-state index contributed by atoms with van der Waals surface area (Å²) >= 11 is 0. The molecule has 140 valence electrons. The SMILES string of the molecule is CCNC(=NCCCN1CCCC1=O)NCCc1c[nH]c2ccccc12. The molecule has 1 saturated heterocycles. The van der Waals surface area contributed by atoms with E-state index in [1.54, 1.807) is 0 Å². The van der Waals surface area contributed by atoms with Crippen molar-refractivity contribution in [2.45, 2.75) is 32.6 Å². The van der Waals surface area contributed by atoms with Gasteiger partial charge in [-0.15, -0.1) is 0 Å².